The molecule has 1 aliphatic rings. The molecule has 0 aliphatic carbocycles. The Kier molecular flexibility index (Phi) is 4.73. The number of aliphatic hydroxyl groups is 1. The van der Waals surface area contributed by atoms with Gasteiger partial charge in [0.15, 0.2) is 0 Å². The van der Waals surface area contributed by atoms with Crippen LogP contribution in [0.15, 0.2) is 36.7 Å². The summed E-state index contributed by atoms with van der Waals surface area (Å²) in [5.74, 6) is 0. The molecule has 2 atom stereocenters. The molecule has 0 radical (unpaired) electrons. The summed E-state index contributed by atoms with van der Waals surface area (Å²) in [6, 6.07) is 7.35. The van der Waals surface area contributed by atoms with Crippen LogP contribution < -0.4 is 0 Å². The van der Waals surface area contributed by atoms with Crippen LogP contribution >= 0.6 is 11.6 Å². The Bertz CT molecular complexity index is 658. The summed E-state index contributed by atoms with van der Waals surface area (Å²) < 4.78 is 7.79. The molecule has 1 aliphatic heterocycles. The molecule has 2 unspecified atom stereocenters. The number of aromatic nitrogens is 2. The lowest BCUT2D eigenvalue weighted by molar-refractivity contribution is -0.109. The van der Waals surface area contributed by atoms with E-state index in [0.717, 1.165) is 24.2 Å². The Balaban J connectivity index is 1.67. The smallest absolute Gasteiger partial charge is 0.106 e. The predicted molar refractivity (Wildman–Crippen MR) is 89.4 cm³/mol. The van der Waals surface area contributed by atoms with Gasteiger partial charge in [-0.25, -0.2) is 0 Å². The number of nitrogens with zero attached hydrogens (tertiary/aromatic N) is 3. The molecule has 0 bridgehead atoms. The van der Waals surface area contributed by atoms with Crippen LogP contribution in [0.5, 0.6) is 0 Å². The Hall–Kier alpha value is -1.40. The minimum atomic E-state index is -0.538. The fraction of sp³-hybridized carbons (Fsp3) is 0.471. The van der Waals surface area contributed by atoms with E-state index in [-0.39, 0.29) is 0 Å². The zero-order chi connectivity index (χ0) is 16.4. The van der Waals surface area contributed by atoms with Crippen LogP contribution in [0.1, 0.15) is 24.2 Å². The number of hydrogen-bond donors (Lipinski definition) is 1. The molecule has 23 heavy (non-hydrogen) atoms. The number of hydrogen-bond acceptors (Lipinski definition) is 4. The third-order valence-electron chi connectivity index (χ3n) is 4.35. The van der Waals surface area contributed by atoms with Gasteiger partial charge < -0.3 is 9.84 Å². The van der Waals surface area contributed by atoms with Crippen LogP contribution in [0, 0.1) is 0 Å². The summed E-state index contributed by atoms with van der Waals surface area (Å²) in [4.78, 5) is 2.23. The summed E-state index contributed by atoms with van der Waals surface area (Å²) in [5.41, 5.74) is 1.54. The fourth-order valence-corrected chi connectivity index (χ4v) is 3.14. The topological polar surface area (TPSA) is 50.5 Å². The van der Waals surface area contributed by atoms with Crippen molar-refractivity contribution in [1.82, 2.24) is 14.7 Å². The third kappa shape index (κ3) is 3.75. The van der Waals surface area contributed by atoms with Crippen molar-refractivity contribution in [2.24, 2.45) is 7.05 Å². The van der Waals surface area contributed by atoms with E-state index in [9.17, 15) is 5.11 Å². The van der Waals surface area contributed by atoms with E-state index in [1.54, 1.807) is 16.8 Å². The molecule has 0 spiro atoms. The Morgan fingerprint density at radius 3 is 2.78 bits per heavy atom. The van der Waals surface area contributed by atoms with Crippen molar-refractivity contribution in [3.8, 4) is 0 Å². The molecule has 2 heterocycles. The molecule has 124 valence electrons. The first-order valence-corrected chi connectivity index (χ1v) is 8.13. The summed E-state index contributed by atoms with van der Waals surface area (Å²) in [6.45, 7) is 4.81. The van der Waals surface area contributed by atoms with E-state index in [2.05, 4.69) is 16.9 Å². The normalized spacial score (nSPS) is 23.8. The molecule has 0 saturated carbocycles. The van der Waals surface area contributed by atoms with E-state index < -0.39 is 11.7 Å². The van der Waals surface area contributed by atoms with Gasteiger partial charge in [0.05, 0.1) is 18.9 Å². The van der Waals surface area contributed by atoms with Crippen LogP contribution in [-0.2, 0) is 17.4 Å². The number of β-amino-alcohol motifs (C(OH)–C–C–N with tert-alkyl or cyclic N) is 1. The highest BCUT2D eigenvalue weighted by atomic mass is 35.5. The second kappa shape index (κ2) is 6.61. The SMILES string of the molecule is Cn1cc(C2(C)CN(CC(O)c3ccc(Cl)cc3)CCO2)cn1. The zero-order valence-electron chi connectivity index (χ0n) is 13.4. The van der Waals surface area contributed by atoms with Gasteiger partial charge in [0.25, 0.3) is 0 Å². The lowest BCUT2D eigenvalue weighted by Gasteiger charge is -2.40. The molecule has 1 N–H and O–H groups in total. The fourth-order valence-electron chi connectivity index (χ4n) is 3.01. The summed E-state index contributed by atoms with van der Waals surface area (Å²) in [7, 11) is 1.90. The number of morpholine rings is 1. The van der Waals surface area contributed by atoms with E-state index in [0.29, 0.717) is 18.2 Å². The minimum absolute atomic E-state index is 0.397. The van der Waals surface area contributed by atoms with E-state index in [1.807, 2.05) is 31.6 Å². The number of benzene rings is 1. The lowest BCUT2D eigenvalue weighted by atomic mass is 9.96. The van der Waals surface area contributed by atoms with Crippen molar-refractivity contribution in [3.05, 3.63) is 52.8 Å². The highest BCUT2D eigenvalue weighted by Crippen LogP contribution is 2.30. The molecule has 3 rings (SSSR count). The third-order valence-corrected chi connectivity index (χ3v) is 4.61. The molecule has 1 aromatic carbocycles. The van der Waals surface area contributed by atoms with Gasteiger partial charge in [0.1, 0.15) is 5.60 Å². The minimum Gasteiger partial charge on any atom is -0.387 e. The van der Waals surface area contributed by atoms with Crippen molar-refractivity contribution in [2.45, 2.75) is 18.6 Å². The first-order chi connectivity index (χ1) is 11.0. The van der Waals surface area contributed by atoms with E-state index in [1.165, 1.54) is 0 Å². The summed E-state index contributed by atoms with van der Waals surface area (Å²) >= 11 is 5.90. The van der Waals surface area contributed by atoms with Gasteiger partial charge in [-0.3, -0.25) is 9.58 Å². The van der Waals surface area contributed by atoms with E-state index in [4.69, 9.17) is 16.3 Å². The van der Waals surface area contributed by atoms with Gasteiger partial charge in [-0.05, 0) is 24.6 Å². The van der Waals surface area contributed by atoms with Crippen molar-refractivity contribution >= 4 is 11.6 Å². The maximum Gasteiger partial charge on any atom is 0.106 e. The van der Waals surface area contributed by atoms with Gasteiger partial charge in [0.2, 0.25) is 0 Å². The quantitative estimate of drug-likeness (QED) is 0.932. The molecular weight excluding hydrogens is 314 g/mol. The van der Waals surface area contributed by atoms with Gasteiger partial charge in [-0.2, -0.15) is 5.10 Å². The molecule has 1 aromatic heterocycles. The van der Waals surface area contributed by atoms with Crippen molar-refractivity contribution in [2.75, 3.05) is 26.2 Å². The van der Waals surface area contributed by atoms with Crippen LogP contribution in [0.2, 0.25) is 5.02 Å². The van der Waals surface area contributed by atoms with Crippen LogP contribution in [0.4, 0.5) is 0 Å². The van der Waals surface area contributed by atoms with Crippen molar-refractivity contribution < 1.29 is 9.84 Å². The van der Waals surface area contributed by atoms with Crippen LogP contribution in [0.3, 0.4) is 0 Å². The Labute approximate surface area is 141 Å². The highest BCUT2D eigenvalue weighted by Gasteiger charge is 2.35. The van der Waals surface area contributed by atoms with E-state index >= 15 is 0 Å². The molecule has 2 aromatic rings. The average molecular weight is 336 g/mol. The number of aryl methyl sites for hydroxylation is 1. The van der Waals surface area contributed by atoms with Crippen molar-refractivity contribution in [1.29, 1.82) is 0 Å². The maximum absolute atomic E-state index is 10.5. The van der Waals surface area contributed by atoms with Crippen LogP contribution in [0.25, 0.3) is 0 Å². The Morgan fingerprint density at radius 1 is 1.39 bits per heavy atom. The van der Waals surface area contributed by atoms with Gasteiger partial charge >= 0.3 is 0 Å². The second-order valence-corrected chi connectivity index (χ2v) is 6.72. The van der Waals surface area contributed by atoms with Crippen LogP contribution in [-0.4, -0.2) is 46.0 Å². The Morgan fingerprint density at radius 2 is 2.13 bits per heavy atom. The average Bonchev–Trinajstić information content (AvgIpc) is 2.95. The van der Waals surface area contributed by atoms with Gasteiger partial charge in [-0.15, -0.1) is 0 Å². The first-order valence-electron chi connectivity index (χ1n) is 7.75. The maximum atomic E-state index is 10.5. The largest absolute Gasteiger partial charge is 0.387 e. The predicted octanol–water partition coefficient (Wildman–Crippen LogP) is 2.35. The molecule has 6 heteroatoms. The highest BCUT2D eigenvalue weighted by molar-refractivity contribution is 6.30. The van der Waals surface area contributed by atoms with Crippen molar-refractivity contribution in [3.63, 3.8) is 0 Å². The standard InChI is InChI=1S/C17H22ClN3O2/c1-17(14-9-19-20(2)10-14)12-21(7-8-23-17)11-16(22)13-3-5-15(18)6-4-13/h3-6,9-10,16,22H,7-8,11-12H2,1-2H3. The number of halogens is 1. The number of rotatable bonds is 4. The monoisotopic (exact) mass is 335 g/mol. The zero-order valence-corrected chi connectivity index (χ0v) is 14.2. The number of aliphatic hydroxyl groups excluding tert-OH is 1. The first kappa shape index (κ1) is 16.5. The molecule has 0 amide bonds. The van der Waals surface area contributed by atoms with Gasteiger partial charge in [-0.1, -0.05) is 23.7 Å². The molecule has 1 saturated heterocycles. The summed E-state index contributed by atoms with van der Waals surface area (Å²) in [5, 5.41) is 15.4. The molecule has 1 fully saturated rings. The summed E-state index contributed by atoms with van der Waals surface area (Å²) in [6.07, 6.45) is 3.29. The molecule has 5 nitrogen and oxygen atoms in total. The molecular formula is C17H22ClN3O2. The number of ether oxygens (including phenoxy) is 1. The second-order valence-electron chi connectivity index (χ2n) is 6.28. The lowest BCUT2D eigenvalue weighted by Crippen LogP contribution is -2.49. The van der Waals surface area contributed by atoms with Gasteiger partial charge in [0, 0.05) is 43.5 Å².